The van der Waals surface area contributed by atoms with Gasteiger partial charge in [-0.05, 0) is 55.6 Å². The third-order valence-electron chi connectivity index (χ3n) is 5.99. The number of aryl methyl sites for hydroxylation is 1. The molecule has 1 nitrogen and oxygen atoms in total. The van der Waals surface area contributed by atoms with Gasteiger partial charge in [0.15, 0.2) is 0 Å². The lowest BCUT2D eigenvalue weighted by Crippen LogP contribution is -2.43. The molecule has 0 spiro atoms. The molecule has 1 aliphatic carbocycles. The second-order valence-corrected chi connectivity index (χ2v) is 7.71. The number of unbranched alkanes of at least 4 members (excludes halogenated alkanes) is 5. The first-order chi connectivity index (χ1) is 11.2. The lowest BCUT2D eigenvalue weighted by atomic mass is 9.81. The zero-order valence-electron chi connectivity index (χ0n) is 15.4. The molecule has 23 heavy (non-hydrogen) atoms. The molecule has 2 atom stereocenters. The largest absolute Gasteiger partial charge is 0.325 e. The highest BCUT2D eigenvalue weighted by molar-refractivity contribution is 5.24. The summed E-state index contributed by atoms with van der Waals surface area (Å²) < 4.78 is 0. The van der Waals surface area contributed by atoms with Gasteiger partial charge in [-0.1, -0.05) is 76.6 Å². The number of hydrogen-bond acceptors (Lipinski definition) is 1. The van der Waals surface area contributed by atoms with E-state index in [1.54, 1.807) is 0 Å². The van der Waals surface area contributed by atoms with Crippen molar-refractivity contribution in [3.05, 3.63) is 35.4 Å². The molecule has 2 rings (SSSR count). The Labute approximate surface area is 144 Å². The van der Waals surface area contributed by atoms with Gasteiger partial charge in [0.05, 0.1) is 0 Å². The van der Waals surface area contributed by atoms with Gasteiger partial charge in [-0.25, -0.2) is 0 Å². The van der Waals surface area contributed by atoms with Crippen LogP contribution in [0.5, 0.6) is 0 Å². The van der Waals surface area contributed by atoms with Crippen molar-refractivity contribution in [1.29, 1.82) is 0 Å². The molecule has 0 bridgehead atoms. The Morgan fingerprint density at radius 3 is 2.30 bits per heavy atom. The van der Waals surface area contributed by atoms with Crippen LogP contribution in [0.2, 0.25) is 0 Å². The molecule has 2 N–H and O–H groups in total. The summed E-state index contributed by atoms with van der Waals surface area (Å²) in [6, 6.07) is 9.39. The highest BCUT2D eigenvalue weighted by Crippen LogP contribution is 2.38. The van der Waals surface area contributed by atoms with E-state index in [1.165, 1.54) is 81.8 Å². The zero-order valence-corrected chi connectivity index (χ0v) is 15.4. The van der Waals surface area contributed by atoms with Gasteiger partial charge in [-0.15, -0.1) is 0 Å². The Bertz CT molecular complexity index is 436. The number of rotatable bonds is 10. The number of nitrogens with two attached hydrogens (primary N) is 1. The van der Waals surface area contributed by atoms with Crippen LogP contribution in [0.25, 0.3) is 0 Å². The van der Waals surface area contributed by atoms with Gasteiger partial charge >= 0.3 is 0 Å². The lowest BCUT2D eigenvalue weighted by molar-refractivity contribution is 0.304. The minimum absolute atomic E-state index is 0.0944. The predicted molar refractivity (Wildman–Crippen MR) is 102 cm³/mol. The molecule has 1 fully saturated rings. The molecule has 1 aliphatic rings. The fraction of sp³-hybridized carbons (Fsp3) is 0.727. The first-order valence-corrected chi connectivity index (χ1v) is 10.0. The van der Waals surface area contributed by atoms with Crippen molar-refractivity contribution >= 4 is 0 Å². The van der Waals surface area contributed by atoms with Gasteiger partial charge in [0, 0.05) is 5.54 Å². The summed E-state index contributed by atoms with van der Waals surface area (Å²) in [6.07, 6.45) is 15.6. The summed E-state index contributed by atoms with van der Waals surface area (Å²) in [4.78, 5) is 0. The van der Waals surface area contributed by atoms with Crippen molar-refractivity contribution in [3.63, 3.8) is 0 Å². The Kier molecular flexibility index (Phi) is 7.62. The van der Waals surface area contributed by atoms with E-state index in [1.807, 2.05) is 0 Å². The maximum absolute atomic E-state index is 6.60. The molecule has 0 aromatic heterocycles. The minimum Gasteiger partial charge on any atom is -0.325 e. The van der Waals surface area contributed by atoms with E-state index in [0.29, 0.717) is 5.92 Å². The zero-order chi connectivity index (χ0) is 16.5. The smallest absolute Gasteiger partial charge is 0.0183 e. The Hall–Kier alpha value is -0.820. The van der Waals surface area contributed by atoms with Crippen molar-refractivity contribution in [3.8, 4) is 0 Å². The van der Waals surface area contributed by atoms with Crippen LogP contribution in [0, 0.1) is 5.92 Å². The van der Waals surface area contributed by atoms with Crippen LogP contribution in [0.3, 0.4) is 0 Å². The molecule has 1 aromatic rings. The maximum Gasteiger partial charge on any atom is 0.0183 e. The van der Waals surface area contributed by atoms with Crippen molar-refractivity contribution in [2.45, 2.75) is 96.4 Å². The first-order valence-electron chi connectivity index (χ1n) is 10.0. The molecule has 0 saturated heterocycles. The van der Waals surface area contributed by atoms with Crippen LogP contribution in [0.15, 0.2) is 24.3 Å². The summed E-state index contributed by atoms with van der Waals surface area (Å²) >= 11 is 0. The van der Waals surface area contributed by atoms with Gasteiger partial charge in [0.1, 0.15) is 0 Å². The lowest BCUT2D eigenvalue weighted by Gasteiger charge is -2.30. The van der Waals surface area contributed by atoms with Crippen molar-refractivity contribution in [2.75, 3.05) is 0 Å². The van der Waals surface area contributed by atoms with Gasteiger partial charge < -0.3 is 5.73 Å². The van der Waals surface area contributed by atoms with Crippen LogP contribution >= 0.6 is 0 Å². The summed E-state index contributed by atoms with van der Waals surface area (Å²) in [6.45, 7) is 4.53. The standard InChI is InChI=1S/C22H37N/c1-3-5-6-7-8-9-11-19-13-15-20(16-14-19)18-21-12-10-17-22(21,23)4-2/h13-16,21H,3-12,17-18,23H2,1-2H3/t21-,22-/m0/s1. The van der Waals surface area contributed by atoms with Crippen LogP contribution in [-0.2, 0) is 12.8 Å². The molecule has 1 aromatic carbocycles. The molecule has 1 saturated carbocycles. The summed E-state index contributed by atoms with van der Waals surface area (Å²) in [5.74, 6) is 0.678. The van der Waals surface area contributed by atoms with Gasteiger partial charge in [-0.2, -0.15) is 0 Å². The quantitative estimate of drug-likeness (QED) is 0.523. The van der Waals surface area contributed by atoms with Gasteiger partial charge in [0.2, 0.25) is 0 Å². The van der Waals surface area contributed by atoms with E-state index in [2.05, 4.69) is 38.1 Å². The molecule has 130 valence electrons. The summed E-state index contributed by atoms with van der Waals surface area (Å²) in [7, 11) is 0. The van der Waals surface area contributed by atoms with Crippen LogP contribution in [0.4, 0.5) is 0 Å². The van der Waals surface area contributed by atoms with Crippen LogP contribution < -0.4 is 5.73 Å². The average molecular weight is 316 g/mol. The van der Waals surface area contributed by atoms with Crippen molar-refractivity contribution in [2.24, 2.45) is 11.7 Å². The van der Waals surface area contributed by atoms with E-state index < -0.39 is 0 Å². The highest BCUT2D eigenvalue weighted by atomic mass is 14.8. The Morgan fingerprint density at radius 2 is 1.61 bits per heavy atom. The van der Waals surface area contributed by atoms with E-state index in [0.717, 1.165) is 6.42 Å². The van der Waals surface area contributed by atoms with Crippen LogP contribution in [0.1, 0.15) is 89.2 Å². The minimum atomic E-state index is 0.0944. The van der Waals surface area contributed by atoms with Gasteiger partial charge in [-0.3, -0.25) is 0 Å². The SMILES string of the molecule is CCCCCCCCc1ccc(C[C@@H]2CCC[C@@]2(N)CC)cc1. The summed E-state index contributed by atoms with van der Waals surface area (Å²) in [5, 5.41) is 0. The molecule has 0 radical (unpaired) electrons. The fourth-order valence-electron chi connectivity index (χ4n) is 4.18. The Morgan fingerprint density at radius 1 is 0.957 bits per heavy atom. The molecule has 0 amide bonds. The molecule has 0 aliphatic heterocycles. The van der Waals surface area contributed by atoms with E-state index in [-0.39, 0.29) is 5.54 Å². The average Bonchev–Trinajstić information content (AvgIpc) is 2.94. The monoisotopic (exact) mass is 315 g/mol. The first kappa shape index (κ1) is 18.5. The fourth-order valence-corrected chi connectivity index (χ4v) is 4.18. The summed E-state index contributed by atoms with van der Waals surface area (Å²) in [5.41, 5.74) is 9.67. The van der Waals surface area contributed by atoms with Gasteiger partial charge in [0.25, 0.3) is 0 Å². The van der Waals surface area contributed by atoms with Crippen molar-refractivity contribution in [1.82, 2.24) is 0 Å². The predicted octanol–water partition coefficient (Wildman–Crippen LogP) is 6.04. The van der Waals surface area contributed by atoms with Crippen LogP contribution in [-0.4, -0.2) is 5.54 Å². The third-order valence-corrected chi connectivity index (χ3v) is 5.99. The van der Waals surface area contributed by atoms with E-state index in [4.69, 9.17) is 5.73 Å². The third kappa shape index (κ3) is 5.64. The molecule has 0 unspecified atom stereocenters. The molecular weight excluding hydrogens is 278 g/mol. The molecular formula is C22H37N. The Balaban J connectivity index is 1.74. The van der Waals surface area contributed by atoms with Crippen molar-refractivity contribution < 1.29 is 0 Å². The highest BCUT2D eigenvalue weighted by Gasteiger charge is 2.37. The van der Waals surface area contributed by atoms with E-state index in [9.17, 15) is 0 Å². The van der Waals surface area contributed by atoms with E-state index >= 15 is 0 Å². The topological polar surface area (TPSA) is 26.0 Å². The molecule has 0 heterocycles. The number of benzene rings is 1. The second kappa shape index (κ2) is 9.47. The maximum atomic E-state index is 6.60. The second-order valence-electron chi connectivity index (χ2n) is 7.71. The number of hydrogen-bond donors (Lipinski definition) is 1. The normalized spacial score (nSPS) is 24.2. The molecule has 1 heteroatoms.